The number of thiazole rings is 1. The maximum Gasteiger partial charge on any atom is 0.0929 e. The highest BCUT2D eigenvalue weighted by atomic mass is 35.5. The molecule has 1 fully saturated rings. The molecule has 0 atom stereocenters. The normalized spacial score (nSPS) is 17.2. The van der Waals surface area contributed by atoms with Crippen molar-refractivity contribution in [1.82, 2.24) is 9.88 Å². The lowest BCUT2D eigenvalue weighted by Crippen LogP contribution is -2.30. The summed E-state index contributed by atoms with van der Waals surface area (Å²) in [6.07, 6.45) is 4.68. The van der Waals surface area contributed by atoms with Gasteiger partial charge >= 0.3 is 0 Å². The predicted molar refractivity (Wildman–Crippen MR) is 81.0 cm³/mol. The quantitative estimate of drug-likeness (QED) is 0.723. The fraction of sp³-hybridized carbons (Fsp3) is 0.786. The molecule has 1 aliphatic heterocycles. The first-order chi connectivity index (χ1) is 9.28. The lowest BCUT2D eigenvalue weighted by atomic mass is 10.00. The van der Waals surface area contributed by atoms with Crippen LogP contribution in [0.4, 0.5) is 0 Å². The number of aryl methyl sites for hydroxylation is 1. The Labute approximate surface area is 124 Å². The summed E-state index contributed by atoms with van der Waals surface area (Å²) in [5.74, 6) is 1.35. The second kappa shape index (κ2) is 8.20. The number of rotatable bonds is 7. The van der Waals surface area contributed by atoms with Crippen molar-refractivity contribution in [3.63, 3.8) is 0 Å². The van der Waals surface area contributed by atoms with E-state index >= 15 is 0 Å². The predicted octanol–water partition coefficient (Wildman–Crippen LogP) is 3.17. The molecule has 0 amide bonds. The SMILES string of the molecule is CN(CCCc1nc(CCl)cs1)CC1CCOCC1. The Morgan fingerprint density at radius 2 is 2.26 bits per heavy atom. The standard InChI is InChI=1S/C14H23ClN2OS/c1-17(10-12-4-7-18-8-5-12)6-2-3-14-16-13(9-15)11-19-14/h11-12H,2-10H2,1H3. The number of aromatic nitrogens is 1. The molecule has 1 aliphatic rings. The van der Waals surface area contributed by atoms with Crippen LogP contribution in [-0.2, 0) is 17.0 Å². The molecule has 19 heavy (non-hydrogen) atoms. The van der Waals surface area contributed by atoms with E-state index in [1.54, 1.807) is 11.3 Å². The number of ether oxygens (including phenoxy) is 1. The largest absolute Gasteiger partial charge is 0.381 e. The molecule has 0 saturated carbocycles. The second-order valence-corrected chi connectivity index (χ2v) is 6.50. The maximum atomic E-state index is 5.76. The van der Waals surface area contributed by atoms with Crippen molar-refractivity contribution in [3.8, 4) is 0 Å². The van der Waals surface area contributed by atoms with Crippen molar-refractivity contribution in [2.45, 2.75) is 31.6 Å². The van der Waals surface area contributed by atoms with E-state index in [4.69, 9.17) is 16.3 Å². The lowest BCUT2D eigenvalue weighted by molar-refractivity contribution is 0.0556. The summed E-state index contributed by atoms with van der Waals surface area (Å²) in [5, 5.41) is 3.28. The average Bonchev–Trinajstić information content (AvgIpc) is 2.88. The van der Waals surface area contributed by atoms with E-state index in [0.717, 1.165) is 37.8 Å². The van der Waals surface area contributed by atoms with E-state index in [2.05, 4.69) is 22.3 Å². The number of nitrogens with zero attached hydrogens (tertiary/aromatic N) is 2. The molecule has 2 heterocycles. The topological polar surface area (TPSA) is 25.4 Å². The number of hydrogen-bond acceptors (Lipinski definition) is 4. The summed E-state index contributed by atoms with van der Waals surface area (Å²) < 4.78 is 5.40. The highest BCUT2D eigenvalue weighted by molar-refractivity contribution is 7.09. The first-order valence-electron chi connectivity index (χ1n) is 7.03. The summed E-state index contributed by atoms with van der Waals surface area (Å²) >= 11 is 7.49. The molecule has 5 heteroatoms. The summed E-state index contributed by atoms with van der Waals surface area (Å²) in [6, 6.07) is 0. The van der Waals surface area contributed by atoms with Gasteiger partial charge in [-0.25, -0.2) is 4.98 Å². The van der Waals surface area contributed by atoms with Crippen LogP contribution < -0.4 is 0 Å². The minimum Gasteiger partial charge on any atom is -0.381 e. The van der Waals surface area contributed by atoms with Gasteiger partial charge < -0.3 is 9.64 Å². The van der Waals surface area contributed by atoms with Crippen LogP contribution >= 0.6 is 22.9 Å². The van der Waals surface area contributed by atoms with Gasteiger partial charge in [0.2, 0.25) is 0 Å². The molecule has 0 radical (unpaired) electrons. The maximum absolute atomic E-state index is 5.76. The van der Waals surface area contributed by atoms with Gasteiger partial charge in [-0.15, -0.1) is 22.9 Å². The fourth-order valence-electron chi connectivity index (χ4n) is 2.49. The van der Waals surface area contributed by atoms with Gasteiger partial charge in [-0.05, 0) is 38.8 Å². The van der Waals surface area contributed by atoms with Gasteiger partial charge in [0.1, 0.15) is 0 Å². The fourth-order valence-corrected chi connectivity index (χ4v) is 3.56. The van der Waals surface area contributed by atoms with Gasteiger partial charge in [0.15, 0.2) is 0 Å². The van der Waals surface area contributed by atoms with E-state index in [9.17, 15) is 0 Å². The van der Waals surface area contributed by atoms with E-state index in [1.807, 2.05) is 0 Å². The molecule has 1 saturated heterocycles. The van der Waals surface area contributed by atoms with E-state index in [-0.39, 0.29) is 0 Å². The van der Waals surface area contributed by atoms with Gasteiger partial charge in [-0.1, -0.05) is 0 Å². The molecule has 0 bridgehead atoms. The van der Waals surface area contributed by atoms with Gasteiger partial charge in [0.05, 0.1) is 16.6 Å². The van der Waals surface area contributed by atoms with Crippen LogP contribution in [0, 0.1) is 5.92 Å². The summed E-state index contributed by atoms with van der Waals surface area (Å²) in [7, 11) is 2.22. The minimum atomic E-state index is 0.528. The Balaban J connectivity index is 1.61. The molecule has 0 spiro atoms. The molecule has 0 N–H and O–H groups in total. The first kappa shape index (κ1) is 15.2. The highest BCUT2D eigenvalue weighted by Crippen LogP contribution is 2.16. The van der Waals surface area contributed by atoms with Crippen molar-refractivity contribution < 1.29 is 4.74 Å². The molecule has 2 rings (SSSR count). The molecule has 3 nitrogen and oxygen atoms in total. The molecule has 1 aromatic heterocycles. The molecule has 0 unspecified atom stereocenters. The van der Waals surface area contributed by atoms with E-state index in [0.29, 0.717) is 5.88 Å². The van der Waals surface area contributed by atoms with E-state index < -0.39 is 0 Å². The van der Waals surface area contributed by atoms with Gasteiger partial charge in [0.25, 0.3) is 0 Å². The lowest BCUT2D eigenvalue weighted by Gasteiger charge is -2.27. The summed E-state index contributed by atoms with van der Waals surface area (Å²) in [6.45, 7) is 4.24. The van der Waals surface area contributed by atoms with Gasteiger partial charge in [-0.3, -0.25) is 0 Å². The average molecular weight is 303 g/mol. The zero-order valence-corrected chi connectivity index (χ0v) is 13.2. The third-order valence-corrected chi connectivity index (χ3v) is 4.81. The van der Waals surface area contributed by atoms with Crippen LogP contribution in [0.15, 0.2) is 5.38 Å². The zero-order valence-electron chi connectivity index (χ0n) is 11.6. The Bertz CT molecular complexity index is 366. The van der Waals surface area contributed by atoms with E-state index in [1.165, 1.54) is 30.8 Å². The summed E-state index contributed by atoms with van der Waals surface area (Å²) in [4.78, 5) is 6.94. The number of halogens is 1. The highest BCUT2D eigenvalue weighted by Gasteiger charge is 2.15. The number of hydrogen-bond donors (Lipinski definition) is 0. The monoisotopic (exact) mass is 302 g/mol. The van der Waals surface area contributed by atoms with Crippen LogP contribution in [-0.4, -0.2) is 43.2 Å². The molecule has 1 aromatic rings. The molecule has 0 aromatic carbocycles. The Morgan fingerprint density at radius 3 is 2.95 bits per heavy atom. The molecule has 108 valence electrons. The van der Waals surface area contributed by atoms with Crippen LogP contribution in [0.3, 0.4) is 0 Å². The van der Waals surface area contributed by atoms with Crippen LogP contribution in [0.1, 0.15) is 30.0 Å². The number of alkyl halides is 1. The summed E-state index contributed by atoms with van der Waals surface area (Å²) in [5.41, 5.74) is 1.01. The van der Waals surface area contributed by atoms with Gasteiger partial charge in [-0.2, -0.15) is 0 Å². The smallest absolute Gasteiger partial charge is 0.0929 e. The van der Waals surface area contributed by atoms with Crippen LogP contribution in [0.2, 0.25) is 0 Å². The molecular weight excluding hydrogens is 280 g/mol. The minimum absolute atomic E-state index is 0.528. The zero-order chi connectivity index (χ0) is 13.5. The first-order valence-corrected chi connectivity index (χ1v) is 8.45. The molecular formula is C14H23ClN2OS. The Morgan fingerprint density at radius 1 is 1.47 bits per heavy atom. The third-order valence-electron chi connectivity index (χ3n) is 3.58. The Kier molecular flexibility index (Phi) is 6.57. The van der Waals surface area contributed by atoms with Crippen molar-refractivity contribution in [2.24, 2.45) is 5.92 Å². The van der Waals surface area contributed by atoms with Crippen molar-refractivity contribution in [1.29, 1.82) is 0 Å². The van der Waals surface area contributed by atoms with Crippen LogP contribution in [0.5, 0.6) is 0 Å². The molecule has 0 aliphatic carbocycles. The van der Waals surface area contributed by atoms with Gasteiger partial charge in [0, 0.05) is 31.6 Å². The van der Waals surface area contributed by atoms with Crippen molar-refractivity contribution in [2.75, 3.05) is 33.4 Å². The van der Waals surface area contributed by atoms with Crippen molar-refractivity contribution in [3.05, 3.63) is 16.1 Å². The van der Waals surface area contributed by atoms with Crippen molar-refractivity contribution >= 4 is 22.9 Å². The Hall–Kier alpha value is -0.160. The second-order valence-electron chi connectivity index (χ2n) is 5.29. The van der Waals surface area contributed by atoms with Crippen LogP contribution in [0.25, 0.3) is 0 Å². The third kappa shape index (κ3) is 5.38.